The summed E-state index contributed by atoms with van der Waals surface area (Å²) < 4.78 is 5.79. The molecule has 0 spiro atoms. The molecule has 1 saturated carbocycles. The molecule has 5 heteroatoms. The van der Waals surface area contributed by atoms with E-state index in [4.69, 9.17) is 4.74 Å². The fraction of sp³-hybridized carbons (Fsp3) is 0.500. The van der Waals surface area contributed by atoms with Crippen molar-refractivity contribution < 1.29 is 9.53 Å². The minimum Gasteiger partial charge on any atom is -0.488 e. The van der Waals surface area contributed by atoms with E-state index >= 15 is 0 Å². The average molecular weight is 235 g/mol. The smallest absolute Gasteiger partial charge is 0.269 e. The van der Waals surface area contributed by atoms with Gasteiger partial charge in [0, 0.05) is 27.2 Å². The van der Waals surface area contributed by atoms with Crippen LogP contribution in [0.15, 0.2) is 12.3 Å². The number of nitrogens with one attached hydrogen (secondary N) is 1. The molecule has 0 radical (unpaired) electrons. The van der Waals surface area contributed by atoms with Crippen molar-refractivity contribution in [1.29, 1.82) is 0 Å². The molecule has 0 unspecified atom stereocenters. The van der Waals surface area contributed by atoms with E-state index in [1.807, 2.05) is 19.0 Å². The van der Waals surface area contributed by atoms with Crippen molar-refractivity contribution in [2.45, 2.75) is 18.9 Å². The molecule has 1 aliphatic rings. The van der Waals surface area contributed by atoms with Gasteiger partial charge in [-0.3, -0.25) is 4.79 Å². The molecule has 1 amide bonds. The van der Waals surface area contributed by atoms with Gasteiger partial charge in [0.1, 0.15) is 11.4 Å². The summed E-state index contributed by atoms with van der Waals surface area (Å²) in [4.78, 5) is 17.6. The molecule has 92 valence electrons. The highest BCUT2D eigenvalue weighted by molar-refractivity contribution is 5.92. The van der Waals surface area contributed by atoms with Crippen LogP contribution in [0, 0.1) is 0 Å². The van der Waals surface area contributed by atoms with Crippen molar-refractivity contribution in [1.82, 2.24) is 10.3 Å². The first-order valence-electron chi connectivity index (χ1n) is 5.68. The van der Waals surface area contributed by atoms with E-state index in [1.54, 1.807) is 19.3 Å². The van der Waals surface area contributed by atoms with Gasteiger partial charge in [0.25, 0.3) is 5.91 Å². The lowest BCUT2D eigenvalue weighted by Crippen LogP contribution is -2.20. The molecular formula is C12H17N3O2. The molecular weight excluding hydrogens is 218 g/mol. The number of carbonyl (C=O) groups is 1. The molecule has 5 nitrogen and oxygen atoms in total. The van der Waals surface area contributed by atoms with E-state index < -0.39 is 0 Å². The van der Waals surface area contributed by atoms with Crippen LogP contribution in [0.4, 0.5) is 5.69 Å². The largest absolute Gasteiger partial charge is 0.488 e. The molecule has 1 aromatic heterocycles. The maximum atomic E-state index is 11.5. The summed E-state index contributed by atoms with van der Waals surface area (Å²) in [6, 6.07) is 1.70. The normalized spacial score (nSPS) is 14.3. The summed E-state index contributed by atoms with van der Waals surface area (Å²) in [5.41, 5.74) is 1.28. The van der Waals surface area contributed by atoms with Gasteiger partial charge >= 0.3 is 0 Å². The van der Waals surface area contributed by atoms with Crippen molar-refractivity contribution in [3.63, 3.8) is 0 Å². The number of nitrogens with zero attached hydrogens (tertiary/aromatic N) is 2. The number of carbonyl (C=O) groups excluding carboxylic acids is 1. The highest BCUT2D eigenvalue weighted by Gasteiger charge is 2.25. The molecule has 1 N–H and O–H groups in total. The zero-order valence-electron chi connectivity index (χ0n) is 10.4. The molecule has 1 fully saturated rings. The molecule has 1 heterocycles. The fourth-order valence-corrected chi connectivity index (χ4v) is 1.48. The molecule has 17 heavy (non-hydrogen) atoms. The van der Waals surface area contributed by atoms with Gasteiger partial charge in [-0.05, 0) is 12.8 Å². The Balaban J connectivity index is 2.30. The summed E-state index contributed by atoms with van der Waals surface area (Å²) in [5.74, 6) is 0.530. The summed E-state index contributed by atoms with van der Waals surface area (Å²) in [6.07, 6.45) is 4.14. The lowest BCUT2D eigenvalue weighted by atomic mass is 10.3. The van der Waals surface area contributed by atoms with Gasteiger partial charge in [-0.2, -0.15) is 0 Å². The highest BCUT2D eigenvalue weighted by Crippen LogP contribution is 2.33. The summed E-state index contributed by atoms with van der Waals surface area (Å²) in [6.45, 7) is 0. The Morgan fingerprint density at radius 2 is 2.24 bits per heavy atom. The zero-order chi connectivity index (χ0) is 12.4. The van der Waals surface area contributed by atoms with Crippen LogP contribution < -0.4 is 15.0 Å². The second kappa shape index (κ2) is 4.61. The van der Waals surface area contributed by atoms with Gasteiger partial charge in [0.15, 0.2) is 0 Å². The van der Waals surface area contributed by atoms with E-state index in [2.05, 4.69) is 10.3 Å². The van der Waals surface area contributed by atoms with Crippen LogP contribution in [0.2, 0.25) is 0 Å². The monoisotopic (exact) mass is 235 g/mol. The van der Waals surface area contributed by atoms with E-state index in [0.29, 0.717) is 11.8 Å². The second-order valence-electron chi connectivity index (χ2n) is 4.33. The molecule has 1 aromatic rings. The van der Waals surface area contributed by atoms with Gasteiger partial charge in [0.05, 0.1) is 18.0 Å². The van der Waals surface area contributed by atoms with Gasteiger partial charge in [-0.1, -0.05) is 0 Å². The number of pyridine rings is 1. The molecule has 0 atom stereocenters. The standard InChI is InChI=1S/C12H17N3O2/c1-13-12(16)9-6-11(17-8-4-5-8)10(7-14-9)15(2)3/h6-8H,4-5H2,1-3H3,(H,13,16). The van der Waals surface area contributed by atoms with Gasteiger partial charge in [-0.15, -0.1) is 0 Å². The van der Waals surface area contributed by atoms with Crippen LogP contribution in [-0.4, -0.2) is 38.1 Å². The van der Waals surface area contributed by atoms with Crippen LogP contribution in [0.3, 0.4) is 0 Å². The third-order valence-corrected chi connectivity index (χ3v) is 2.61. The first-order chi connectivity index (χ1) is 8.11. The number of rotatable bonds is 4. The summed E-state index contributed by atoms with van der Waals surface area (Å²) in [7, 11) is 5.44. The molecule has 2 rings (SSSR count). The lowest BCUT2D eigenvalue weighted by molar-refractivity contribution is 0.0957. The van der Waals surface area contributed by atoms with Crippen molar-refractivity contribution in [3.05, 3.63) is 18.0 Å². The first-order valence-corrected chi connectivity index (χ1v) is 5.68. The Morgan fingerprint density at radius 1 is 1.53 bits per heavy atom. The Morgan fingerprint density at radius 3 is 2.76 bits per heavy atom. The number of anilines is 1. The number of hydrogen-bond donors (Lipinski definition) is 1. The second-order valence-corrected chi connectivity index (χ2v) is 4.33. The van der Waals surface area contributed by atoms with Crippen molar-refractivity contribution in [2.75, 3.05) is 26.0 Å². The maximum absolute atomic E-state index is 11.5. The van der Waals surface area contributed by atoms with E-state index in [0.717, 1.165) is 24.3 Å². The van der Waals surface area contributed by atoms with Crippen LogP contribution >= 0.6 is 0 Å². The quantitative estimate of drug-likeness (QED) is 0.847. The molecule has 0 aliphatic heterocycles. The van der Waals surface area contributed by atoms with Gasteiger partial charge < -0.3 is 15.0 Å². The Hall–Kier alpha value is -1.78. The Bertz CT molecular complexity index is 428. The molecule has 0 aromatic carbocycles. The van der Waals surface area contributed by atoms with Gasteiger partial charge in [-0.25, -0.2) is 4.98 Å². The predicted molar refractivity (Wildman–Crippen MR) is 65.6 cm³/mol. The zero-order valence-corrected chi connectivity index (χ0v) is 10.4. The van der Waals surface area contributed by atoms with Crippen molar-refractivity contribution >= 4 is 11.6 Å². The maximum Gasteiger partial charge on any atom is 0.269 e. The third kappa shape index (κ3) is 2.67. The minimum atomic E-state index is -0.198. The summed E-state index contributed by atoms with van der Waals surface area (Å²) >= 11 is 0. The Kier molecular flexibility index (Phi) is 3.17. The minimum absolute atomic E-state index is 0.198. The van der Waals surface area contributed by atoms with Crippen LogP contribution in [0.1, 0.15) is 23.3 Å². The average Bonchev–Trinajstić information content (AvgIpc) is 3.11. The number of ether oxygens (including phenoxy) is 1. The van der Waals surface area contributed by atoms with Crippen LogP contribution in [-0.2, 0) is 0 Å². The fourth-order valence-electron chi connectivity index (χ4n) is 1.48. The number of hydrogen-bond acceptors (Lipinski definition) is 4. The highest BCUT2D eigenvalue weighted by atomic mass is 16.5. The first kappa shape index (κ1) is 11.7. The molecule has 1 aliphatic carbocycles. The predicted octanol–water partition coefficient (Wildman–Crippen LogP) is 1.05. The number of aromatic nitrogens is 1. The van der Waals surface area contributed by atoms with Crippen molar-refractivity contribution in [2.24, 2.45) is 0 Å². The van der Waals surface area contributed by atoms with Gasteiger partial charge in [0.2, 0.25) is 0 Å². The van der Waals surface area contributed by atoms with E-state index in [1.165, 1.54) is 0 Å². The van der Waals surface area contributed by atoms with E-state index in [-0.39, 0.29) is 5.91 Å². The topological polar surface area (TPSA) is 54.5 Å². The third-order valence-electron chi connectivity index (χ3n) is 2.61. The lowest BCUT2D eigenvalue weighted by Gasteiger charge is -2.17. The SMILES string of the molecule is CNC(=O)c1cc(OC2CC2)c(N(C)C)cn1. The molecule has 0 bridgehead atoms. The van der Waals surface area contributed by atoms with Crippen LogP contribution in [0.25, 0.3) is 0 Å². The van der Waals surface area contributed by atoms with Crippen LogP contribution in [0.5, 0.6) is 5.75 Å². The molecule has 0 saturated heterocycles. The summed E-state index contributed by atoms with van der Waals surface area (Å²) in [5, 5.41) is 2.56. The Labute approximate surface area is 101 Å². The van der Waals surface area contributed by atoms with E-state index in [9.17, 15) is 4.79 Å². The number of amides is 1. The van der Waals surface area contributed by atoms with Crippen molar-refractivity contribution in [3.8, 4) is 5.75 Å².